The molecule has 0 aliphatic rings. The predicted octanol–water partition coefficient (Wildman–Crippen LogP) is 2.35. The van der Waals surface area contributed by atoms with Gasteiger partial charge in [0, 0.05) is 17.8 Å². The summed E-state index contributed by atoms with van der Waals surface area (Å²) in [6.07, 6.45) is 0.859. The molecule has 12 heavy (non-hydrogen) atoms. The molecule has 0 heterocycles. The van der Waals surface area contributed by atoms with E-state index in [-0.39, 0.29) is 12.4 Å². The summed E-state index contributed by atoms with van der Waals surface area (Å²) >= 11 is 0. The Bertz CT molecular complexity index is 250. The number of aldehydes is 1. The summed E-state index contributed by atoms with van der Waals surface area (Å²) in [4.78, 5) is 10.5. The summed E-state index contributed by atoms with van der Waals surface area (Å²) in [6, 6.07) is 7.45. The van der Waals surface area contributed by atoms with Crippen molar-refractivity contribution in [1.29, 1.82) is 0 Å². The standard InChI is InChI=1S/C9H11NO.ClH/c1-2-10-9-6-4-3-5-8(9)7-11;/h3-7,10H,2H2,1H3;1H. The molecule has 0 saturated heterocycles. The molecule has 2 nitrogen and oxygen atoms in total. The number of rotatable bonds is 3. The van der Waals surface area contributed by atoms with Crippen molar-refractivity contribution >= 4 is 24.4 Å². The first-order valence-electron chi connectivity index (χ1n) is 3.66. The van der Waals surface area contributed by atoms with E-state index in [0.717, 1.165) is 18.5 Å². The van der Waals surface area contributed by atoms with Crippen LogP contribution in [0.3, 0.4) is 0 Å². The highest BCUT2D eigenvalue weighted by Crippen LogP contribution is 2.11. The molecule has 1 N–H and O–H groups in total. The molecule has 0 aliphatic carbocycles. The zero-order valence-electron chi connectivity index (χ0n) is 6.91. The lowest BCUT2D eigenvalue weighted by molar-refractivity contribution is 0.112. The molecule has 0 saturated carbocycles. The van der Waals surface area contributed by atoms with Gasteiger partial charge in [0.2, 0.25) is 0 Å². The first-order chi connectivity index (χ1) is 5.38. The van der Waals surface area contributed by atoms with Crippen molar-refractivity contribution in [3.8, 4) is 0 Å². The summed E-state index contributed by atoms with van der Waals surface area (Å²) in [5.41, 5.74) is 1.62. The second-order valence-electron chi connectivity index (χ2n) is 2.24. The van der Waals surface area contributed by atoms with E-state index >= 15 is 0 Å². The molecule has 1 aromatic rings. The van der Waals surface area contributed by atoms with Crippen molar-refractivity contribution in [3.05, 3.63) is 29.8 Å². The topological polar surface area (TPSA) is 29.1 Å². The van der Waals surface area contributed by atoms with Crippen molar-refractivity contribution in [2.45, 2.75) is 6.92 Å². The van der Waals surface area contributed by atoms with Gasteiger partial charge in [0.05, 0.1) is 0 Å². The minimum absolute atomic E-state index is 0. The third kappa shape index (κ3) is 2.55. The normalized spacial score (nSPS) is 8.42. The van der Waals surface area contributed by atoms with Crippen molar-refractivity contribution in [2.24, 2.45) is 0 Å². The molecule has 1 aromatic carbocycles. The monoisotopic (exact) mass is 185 g/mol. The highest BCUT2D eigenvalue weighted by Gasteiger charge is 1.95. The van der Waals surface area contributed by atoms with Crippen LogP contribution in [-0.2, 0) is 0 Å². The number of para-hydroxylation sites is 1. The molecule has 66 valence electrons. The molecular weight excluding hydrogens is 174 g/mol. The number of carbonyl (C=O) groups excluding carboxylic acids is 1. The zero-order valence-corrected chi connectivity index (χ0v) is 7.73. The van der Waals surface area contributed by atoms with Crippen molar-refractivity contribution in [2.75, 3.05) is 11.9 Å². The van der Waals surface area contributed by atoms with Gasteiger partial charge in [-0.3, -0.25) is 4.79 Å². The molecule has 3 heteroatoms. The van der Waals surface area contributed by atoms with Crippen LogP contribution in [-0.4, -0.2) is 12.8 Å². The molecule has 0 fully saturated rings. The van der Waals surface area contributed by atoms with Crippen LogP contribution in [0.1, 0.15) is 17.3 Å². The number of carbonyl (C=O) groups is 1. The fraction of sp³-hybridized carbons (Fsp3) is 0.222. The van der Waals surface area contributed by atoms with E-state index in [2.05, 4.69) is 5.32 Å². The van der Waals surface area contributed by atoms with Gasteiger partial charge in [0.15, 0.2) is 6.29 Å². The molecule has 1 rings (SSSR count). The Kier molecular flexibility index (Phi) is 5.13. The lowest BCUT2D eigenvalue weighted by Gasteiger charge is -2.04. The number of hydrogen-bond acceptors (Lipinski definition) is 2. The smallest absolute Gasteiger partial charge is 0.152 e. The average molecular weight is 186 g/mol. The maximum absolute atomic E-state index is 10.5. The van der Waals surface area contributed by atoms with Crippen LogP contribution in [0.4, 0.5) is 5.69 Å². The van der Waals surface area contributed by atoms with Gasteiger partial charge < -0.3 is 5.32 Å². The van der Waals surface area contributed by atoms with Gasteiger partial charge in [-0.05, 0) is 19.1 Å². The second-order valence-corrected chi connectivity index (χ2v) is 2.24. The molecule has 0 unspecified atom stereocenters. The van der Waals surface area contributed by atoms with Crippen molar-refractivity contribution in [1.82, 2.24) is 0 Å². The van der Waals surface area contributed by atoms with Crippen LogP contribution >= 0.6 is 12.4 Å². The van der Waals surface area contributed by atoms with Gasteiger partial charge in [0.25, 0.3) is 0 Å². The van der Waals surface area contributed by atoms with Crippen molar-refractivity contribution < 1.29 is 4.79 Å². The molecular formula is C9H12ClNO. The van der Waals surface area contributed by atoms with Gasteiger partial charge in [-0.2, -0.15) is 0 Å². The predicted molar refractivity (Wildman–Crippen MR) is 53.2 cm³/mol. The first kappa shape index (κ1) is 11.0. The molecule has 0 aromatic heterocycles. The van der Waals surface area contributed by atoms with Crippen LogP contribution in [0, 0.1) is 0 Å². The molecule has 0 radical (unpaired) electrons. The summed E-state index contributed by atoms with van der Waals surface area (Å²) in [5, 5.41) is 3.10. The molecule has 0 aliphatic heterocycles. The fourth-order valence-electron chi connectivity index (χ4n) is 0.951. The van der Waals surface area contributed by atoms with E-state index in [1.54, 1.807) is 6.07 Å². The zero-order chi connectivity index (χ0) is 8.10. The number of hydrogen-bond donors (Lipinski definition) is 1. The SMILES string of the molecule is CCNc1ccccc1C=O.Cl. The number of benzene rings is 1. The van der Waals surface area contributed by atoms with Gasteiger partial charge in [0.1, 0.15) is 0 Å². The van der Waals surface area contributed by atoms with Crippen molar-refractivity contribution in [3.63, 3.8) is 0 Å². The highest BCUT2D eigenvalue weighted by molar-refractivity contribution is 5.85. The Morgan fingerprint density at radius 3 is 2.67 bits per heavy atom. The average Bonchev–Trinajstić information content (AvgIpc) is 2.06. The van der Waals surface area contributed by atoms with Crippen LogP contribution in [0.2, 0.25) is 0 Å². The van der Waals surface area contributed by atoms with Crippen LogP contribution in [0.5, 0.6) is 0 Å². The molecule has 0 amide bonds. The summed E-state index contributed by atoms with van der Waals surface area (Å²) in [6.45, 7) is 2.84. The highest BCUT2D eigenvalue weighted by atomic mass is 35.5. The van der Waals surface area contributed by atoms with Gasteiger partial charge in [-0.1, -0.05) is 12.1 Å². The van der Waals surface area contributed by atoms with E-state index in [4.69, 9.17) is 0 Å². The van der Waals surface area contributed by atoms with Gasteiger partial charge >= 0.3 is 0 Å². The second kappa shape index (κ2) is 5.61. The Morgan fingerprint density at radius 1 is 1.42 bits per heavy atom. The summed E-state index contributed by atoms with van der Waals surface area (Å²) < 4.78 is 0. The van der Waals surface area contributed by atoms with Crippen LogP contribution in [0.25, 0.3) is 0 Å². The maximum atomic E-state index is 10.5. The number of halogens is 1. The fourth-order valence-corrected chi connectivity index (χ4v) is 0.951. The van der Waals surface area contributed by atoms with E-state index in [0.29, 0.717) is 5.56 Å². The molecule has 0 atom stereocenters. The number of anilines is 1. The third-order valence-electron chi connectivity index (χ3n) is 1.45. The minimum atomic E-state index is 0. The maximum Gasteiger partial charge on any atom is 0.152 e. The third-order valence-corrected chi connectivity index (χ3v) is 1.45. The quantitative estimate of drug-likeness (QED) is 0.733. The summed E-state index contributed by atoms with van der Waals surface area (Å²) in [7, 11) is 0. The molecule has 0 bridgehead atoms. The Morgan fingerprint density at radius 2 is 2.08 bits per heavy atom. The van der Waals surface area contributed by atoms with Gasteiger partial charge in [-0.25, -0.2) is 0 Å². The van der Waals surface area contributed by atoms with Crippen LogP contribution in [0.15, 0.2) is 24.3 Å². The Labute approximate surface area is 78.4 Å². The lowest BCUT2D eigenvalue weighted by Crippen LogP contribution is -1.99. The largest absolute Gasteiger partial charge is 0.385 e. The summed E-state index contributed by atoms with van der Waals surface area (Å²) in [5.74, 6) is 0. The van der Waals surface area contributed by atoms with E-state index in [1.165, 1.54) is 0 Å². The van der Waals surface area contributed by atoms with E-state index in [1.807, 2.05) is 25.1 Å². The van der Waals surface area contributed by atoms with Gasteiger partial charge in [-0.15, -0.1) is 12.4 Å². The Balaban J connectivity index is 0.00000121. The van der Waals surface area contributed by atoms with Crippen LogP contribution < -0.4 is 5.32 Å². The minimum Gasteiger partial charge on any atom is -0.385 e. The molecule has 0 spiro atoms. The Hall–Kier alpha value is -1.02. The first-order valence-corrected chi connectivity index (χ1v) is 3.66. The van der Waals surface area contributed by atoms with E-state index < -0.39 is 0 Å². The lowest BCUT2D eigenvalue weighted by atomic mass is 10.2. The number of nitrogens with one attached hydrogen (secondary N) is 1. The van der Waals surface area contributed by atoms with E-state index in [9.17, 15) is 4.79 Å².